The molecule has 1 aliphatic carbocycles. The minimum absolute atomic E-state index is 0.0271. The first kappa shape index (κ1) is 19.8. The van der Waals surface area contributed by atoms with Crippen molar-refractivity contribution in [2.45, 2.75) is 12.8 Å². The van der Waals surface area contributed by atoms with Crippen molar-refractivity contribution in [1.82, 2.24) is 5.32 Å². The first-order valence-corrected chi connectivity index (χ1v) is 10.0. The lowest BCUT2D eigenvalue weighted by molar-refractivity contribution is -0.117. The molecule has 2 amide bonds. The van der Waals surface area contributed by atoms with Crippen molar-refractivity contribution in [3.63, 3.8) is 0 Å². The normalized spacial score (nSPS) is 13.0. The van der Waals surface area contributed by atoms with Gasteiger partial charge in [-0.3, -0.25) is 9.59 Å². The zero-order valence-electron chi connectivity index (χ0n) is 16.8. The predicted octanol–water partition coefficient (Wildman–Crippen LogP) is 4.01. The molecule has 0 spiro atoms. The number of benzene rings is 3. The summed E-state index contributed by atoms with van der Waals surface area (Å²) in [7, 11) is 1.60. The van der Waals surface area contributed by atoms with Crippen LogP contribution in [0.1, 0.15) is 23.2 Å². The molecular weight excluding hydrogens is 380 g/mol. The lowest BCUT2D eigenvalue weighted by Gasteiger charge is -2.14. The summed E-state index contributed by atoms with van der Waals surface area (Å²) in [5.74, 6) is 1.17. The Kier molecular flexibility index (Phi) is 5.84. The van der Waals surface area contributed by atoms with Crippen LogP contribution < -0.4 is 20.1 Å². The molecule has 0 bridgehead atoms. The fourth-order valence-corrected chi connectivity index (χ4v) is 3.23. The number of methoxy groups -OCH3 is 1. The number of nitrogens with one attached hydrogen (secondary N) is 2. The van der Waals surface area contributed by atoms with Crippen LogP contribution in [0.4, 0.5) is 5.69 Å². The van der Waals surface area contributed by atoms with E-state index < -0.39 is 0 Å². The largest absolute Gasteiger partial charge is 0.497 e. The summed E-state index contributed by atoms with van der Waals surface area (Å²) in [5.41, 5.74) is 0.987. The van der Waals surface area contributed by atoms with Crippen LogP contribution in [0.15, 0.2) is 60.7 Å². The van der Waals surface area contributed by atoms with E-state index in [1.165, 1.54) is 0 Å². The second-order valence-corrected chi connectivity index (χ2v) is 7.29. The highest BCUT2D eigenvalue weighted by Crippen LogP contribution is 2.32. The molecule has 6 heteroatoms. The number of fused-ring (bicyclic) bond motifs is 1. The zero-order valence-corrected chi connectivity index (χ0v) is 16.8. The van der Waals surface area contributed by atoms with E-state index in [9.17, 15) is 9.59 Å². The molecule has 1 fully saturated rings. The van der Waals surface area contributed by atoms with Crippen molar-refractivity contribution < 1.29 is 19.1 Å². The molecule has 4 rings (SSSR count). The number of carbonyl (C=O) groups excluding carboxylic acids is 2. The fourth-order valence-electron chi connectivity index (χ4n) is 3.23. The Morgan fingerprint density at radius 2 is 1.70 bits per heavy atom. The maximum atomic E-state index is 12.8. The average molecular weight is 404 g/mol. The van der Waals surface area contributed by atoms with Crippen molar-refractivity contribution >= 4 is 28.3 Å². The van der Waals surface area contributed by atoms with Crippen LogP contribution in [-0.4, -0.2) is 32.1 Å². The summed E-state index contributed by atoms with van der Waals surface area (Å²) >= 11 is 0. The van der Waals surface area contributed by atoms with Gasteiger partial charge >= 0.3 is 0 Å². The Balaban J connectivity index is 1.43. The second-order valence-electron chi connectivity index (χ2n) is 7.29. The number of hydrogen-bond donors (Lipinski definition) is 2. The number of carbonyl (C=O) groups is 2. The quantitative estimate of drug-likeness (QED) is 0.556. The third kappa shape index (κ3) is 4.71. The monoisotopic (exact) mass is 404 g/mol. The van der Waals surface area contributed by atoms with Crippen molar-refractivity contribution in [1.29, 1.82) is 0 Å². The summed E-state index contributed by atoms with van der Waals surface area (Å²) in [4.78, 5) is 25.1. The highest BCUT2D eigenvalue weighted by molar-refractivity contribution is 6.08. The average Bonchev–Trinajstić information content (AvgIpc) is 3.62. The van der Waals surface area contributed by atoms with E-state index in [-0.39, 0.29) is 17.7 Å². The smallest absolute Gasteiger partial charge is 0.253 e. The van der Waals surface area contributed by atoms with Crippen molar-refractivity contribution in [2.24, 2.45) is 5.92 Å². The summed E-state index contributed by atoms with van der Waals surface area (Å²) in [6.07, 6.45) is 1.81. The number of rotatable bonds is 8. The van der Waals surface area contributed by atoms with Gasteiger partial charge in [-0.15, -0.1) is 0 Å². The maximum absolute atomic E-state index is 12.8. The maximum Gasteiger partial charge on any atom is 0.253 e. The molecule has 3 aromatic rings. The van der Waals surface area contributed by atoms with Gasteiger partial charge in [0.1, 0.15) is 18.1 Å². The molecule has 6 nitrogen and oxygen atoms in total. The molecule has 0 radical (unpaired) electrons. The molecule has 30 heavy (non-hydrogen) atoms. The summed E-state index contributed by atoms with van der Waals surface area (Å²) in [6.45, 7) is 0.648. The van der Waals surface area contributed by atoms with Crippen LogP contribution in [0.25, 0.3) is 10.8 Å². The van der Waals surface area contributed by atoms with E-state index in [4.69, 9.17) is 9.47 Å². The van der Waals surface area contributed by atoms with Crippen molar-refractivity contribution in [2.75, 3.05) is 25.6 Å². The van der Waals surface area contributed by atoms with Crippen molar-refractivity contribution in [3.05, 3.63) is 66.2 Å². The molecule has 0 aromatic heterocycles. The van der Waals surface area contributed by atoms with Crippen LogP contribution in [0, 0.1) is 5.92 Å². The molecule has 0 unspecified atom stereocenters. The van der Waals surface area contributed by atoms with Gasteiger partial charge in [0.2, 0.25) is 5.91 Å². The molecule has 1 saturated carbocycles. The van der Waals surface area contributed by atoms with Gasteiger partial charge in [-0.25, -0.2) is 0 Å². The molecule has 3 aromatic carbocycles. The highest BCUT2D eigenvalue weighted by Gasteiger charge is 2.30. The molecule has 1 aliphatic rings. The molecule has 154 valence electrons. The Bertz CT molecular complexity index is 1080. The van der Waals surface area contributed by atoms with E-state index in [1.807, 2.05) is 54.6 Å². The minimum Gasteiger partial charge on any atom is -0.497 e. The van der Waals surface area contributed by atoms with Gasteiger partial charge in [-0.2, -0.15) is 0 Å². The van der Waals surface area contributed by atoms with E-state index >= 15 is 0 Å². The predicted molar refractivity (Wildman–Crippen MR) is 116 cm³/mol. The van der Waals surface area contributed by atoms with Gasteiger partial charge in [-0.05, 0) is 47.9 Å². The standard InChI is InChI=1S/C24H24N2O4/c1-29-19-7-4-8-20(15-19)30-12-11-25-24(28)21-13-17-5-2-3-6-18(17)14-22(21)26-23(27)16-9-10-16/h2-8,13-16H,9-12H2,1H3,(H,25,28)(H,26,27). The zero-order chi connectivity index (χ0) is 20.9. The van der Waals surface area contributed by atoms with Crippen LogP contribution in [0.5, 0.6) is 11.5 Å². The van der Waals surface area contributed by atoms with E-state index in [0.29, 0.717) is 35.9 Å². The summed E-state index contributed by atoms with van der Waals surface area (Å²) in [6, 6.07) is 18.8. The molecule has 0 heterocycles. The van der Waals surface area contributed by atoms with Gasteiger partial charge in [0.15, 0.2) is 0 Å². The molecule has 2 N–H and O–H groups in total. The van der Waals surface area contributed by atoms with Gasteiger partial charge in [-0.1, -0.05) is 30.3 Å². The number of hydrogen-bond acceptors (Lipinski definition) is 4. The van der Waals surface area contributed by atoms with Gasteiger partial charge < -0.3 is 20.1 Å². The second kappa shape index (κ2) is 8.86. The number of anilines is 1. The number of amides is 2. The first-order valence-electron chi connectivity index (χ1n) is 10.0. The molecular formula is C24H24N2O4. The van der Waals surface area contributed by atoms with Gasteiger partial charge in [0, 0.05) is 12.0 Å². The molecule has 0 atom stereocenters. The van der Waals surface area contributed by atoms with E-state index in [2.05, 4.69) is 10.6 Å². The van der Waals surface area contributed by atoms with E-state index in [0.717, 1.165) is 23.6 Å². The lowest BCUT2D eigenvalue weighted by atomic mass is 10.0. The minimum atomic E-state index is -0.249. The van der Waals surface area contributed by atoms with Gasteiger partial charge in [0.05, 0.1) is 24.9 Å². The highest BCUT2D eigenvalue weighted by atomic mass is 16.5. The van der Waals surface area contributed by atoms with Crippen LogP contribution in [0.3, 0.4) is 0 Å². The van der Waals surface area contributed by atoms with Gasteiger partial charge in [0.25, 0.3) is 5.91 Å². The fraction of sp³-hybridized carbons (Fsp3) is 0.250. The van der Waals surface area contributed by atoms with Crippen LogP contribution >= 0.6 is 0 Å². The Morgan fingerprint density at radius 1 is 0.967 bits per heavy atom. The third-order valence-electron chi connectivity index (χ3n) is 5.03. The summed E-state index contributed by atoms with van der Waals surface area (Å²) in [5, 5.41) is 7.72. The first-order chi connectivity index (χ1) is 14.6. The molecule has 0 saturated heterocycles. The van der Waals surface area contributed by atoms with Crippen molar-refractivity contribution in [3.8, 4) is 11.5 Å². The van der Waals surface area contributed by atoms with E-state index in [1.54, 1.807) is 13.2 Å². The third-order valence-corrected chi connectivity index (χ3v) is 5.03. The molecule has 0 aliphatic heterocycles. The lowest BCUT2D eigenvalue weighted by Crippen LogP contribution is -2.29. The SMILES string of the molecule is COc1cccc(OCCNC(=O)c2cc3ccccc3cc2NC(=O)C2CC2)c1. The number of ether oxygens (including phenoxy) is 2. The Labute approximate surface area is 175 Å². The topological polar surface area (TPSA) is 76.7 Å². The Hall–Kier alpha value is -3.54. The Morgan fingerprint density at radius 3 is 2.43 bits per heavy atom. The van der Waals surface area contributed by atoms with Crippen LogP contribution in [-0.2, 0) is 4.79 Å². The van der Waals surface area contributed by atoms with Crippen LogP contribution in [0.2, 0.25) is 0 Å². The summed E-state index contributed by atoms with van der Waals surface area (Å²) < 4.78 is 10.8.